The number of hydrogen-bond donors (Lipinski definition) is 0. The fraction of sp³-hybridized carbons (Fsp3) is 0.538. The normalized spacial score (nSPS) is 10.8. The van der Waals surface area contributed by atoms with Crippen LogP contribution in [0.5, 0.6) is 5.75 Å². The van der Waals surface area contributed by atoms with E-state index in [0.717, 1.165) is 5.75 Å². The van der Waals surface area contributed by atoms with E-state index in [0.29, 0.717) is 30.8 Å². The molecule has 2 nitrogen and oxygen atoms in total. The molecular weight excluding hydrogens is 224 g/mol. The molecule has 0 saturated carbocycles. The molecule has 0 aliphatic heterocycles. The van der Waals surface area contributed by atoms with E-state index in [9.17, 15) is 0 Å². The average molecular weight is 243 g/mol. The van der Waals surface area contributed by atoms with Gasteiger partial charge in [-0.3, -0.25) is 0 Å². The third kappa shape index (κ3) is 4.03. The predicted molar refractivity (Wildman–Crippen MR) is 67.5 cm³/mol. The van der Waals surface area contributed by atoms with Gasteiger partial charge in [0.1, 0.15) is 12.4 Å². The van der Waals surface area contributed by atoms with Gasteiger partial charge in [0.2, 0.25) is 0 Å². The predicted octanol–water partition coefficient (Wildman–Crippen LogP) is 3.88. The van der Waals surface area contributed by atoms with Crippen molar-refractivity contribution in [2.45, 2.75) is 26.7 Å². The molecule has 0 radical (unpaired) electrons. The van der Waals surface area contributed by atoms with Crippen LogP contribution in [0, 0.1) is 0 Å². The van der Waals surface area contributed by atoms with Gasteiger partial charge in [-0.15, -0.1) is 0 Å². The molecule has 0 aliphatic rings. The van der Waals surface area contributed by atoms with Crippen molar-refractivity contribution in [3.8, 4) is 5.75 Å². The Balaban J connectivity index is 2.54. The molecule has 0 fully saturated rings. The molecule has 3 heteroatoms. The summed E-state index contributed by atoms with van der Waals surface area (Å²) in [5.41, 5.74) is 1.22. The van der Waals surface area contributed by atoms with Crippen LogP contribution in [-0.4, -0.2) is 19.8 Å². The maximum atomic E-state index is 6.12. The first-order valence-corrected chi connectivity index (χ1v) is 6.03. The lowest BCUT2D eigenvalue weighted by Gasteiger charge is -2.11. The van der Waals surface area contributed by atoms with E-state index in [4.69, 9.17) is 21.1 Å². The number of hydrogen-bond acceptors (Lipinski definition) is 2. The SMILES string of the molecule is CCOCCOc1ccc(C(C)C)cc1Cl. The molecule has 90 valence electrons. The third-order valence-electron chi connectivity index (χ3n) is 2.31. The first-order valence-electron chi connectivity index (χ1n) is 5.65. The van der Waals surface area contributed by atoms with Crippen LogP contribution in [0.1, 0.15) is 32.3 Å². The van der Waals surface area contributed by atoms with Crippen molar-refractivity contribution in [1.29, 1.82) is 0 Å². The molecule has 1 rings (SSSR count). The van der Waals surface area contributed by atoms with Crippen LogP contribution in [0.4, 0.5) is 0 Å². The van der Waals surface area contributed by atoms with Crippen LogP contribution in [0.25, 0.3) is 0 Å². The lowest BCUT2D eigenvalue weighted by Crippen LogP contribution is -2.06. The lowest BCUT2D eigenvalue weighted by molar-refractivity contribution is 0.110. The summed E-state index contributed by atoms with van der Waals surface area (Å²) < 4.78 is 10.7. The second-order valence-corrected chi connectivity index (χ2v) is 4.30. The van der Waals surface area contributed by atoms with Crippen LogP contribution in [0.15, 0.2) is 18.2 Å². The Morgan fingerprint density at radius 2 is 2.00 bits per heavy atom. The minimum absolute atomic E-state index is 0.481. The fourth-order valence-electron chi connectivity index (χ4n) is 1.35. The number of rotatable bonds is 6. The highest BCUT2D eigenvalue weighted by Crippen LogP contribution is 2.28. The zero-order chi connectivity index (χ0) is 12.0. The molecule has 0 aliphatic carbocycles. The minimum Gasteiger partial charge on any atom is -0.490 e. The van der Waals surface area contributed by atoms with Crippen LogP contribution < -0.4 is 4.74 Å². The van der Waals surface area contributed by atoms with Crippen LogP contribution in [0.3, 0.4) is 0 Å². The van der Waals surface area contributed by atoms with Gasteiger partial charge in [0, 0.05) is 6.61 Å². The molecule has 0 saturated heterocycles. The maximum absolute atomic E-state index is 6.12. The van der Waals surface area contributed by atoms with Crippen molar-refractivity contribution < 1.29 is 9.47 Å². The van der Waals surface area contributed by atoms with Crippen LogP contribution in [0.2, 0.25) is 5.02 Å². The largest absolute Gasteiger partial charge is 0.490 e. The van der Waals surface area contributed by atoms with Gasteiger partial charge in [-0.2, -0.15) is 0 Å². The molecule has 0 atom stereocenters. The Bertz CT molecular complexity index is 324. The van der Waals surface area contributed by atoms with E-state index >= 15 is 0 Å². The number of benzene rings is 1. The summed E-state index contributed by atoms with van der Waals surface area (Å²) in [6.07, 6.45) is 0. The maximum Gasteiger partial charge on any atom is 0.138 e. The van der Waals surface area contributed by atoms with Crippen molar-refractivity contribution in [2.75, 3.05) is 19.8 Å². The molecule has 0 N–H and O–H groups in total. The zero-order valence-corrected chi connectivity index (χ0v) is 10.9. The van der Waals surface area contributed by atoms with E-state index in [1.54, 1.807) is 0 Å². The van der Waals surface area contributed by atoms with Gasteiger partial charge in [-0.1, -0.05) is 31.5 Å². The molecule has 16 heavy (non-hydrogen) atoms. The summed E-state index contributed by atoms with van der Waals surface area (Å²) in [7, 11) is 0. The molecule has 0 spiro atoms. The summed E-state index contributed by atoms with van der Waals surface area (Å²) in [6, 6.07) is 5.93. The molecule has 0 heterocycles. The highest BCUT2D eigenvalue weighted by Gasteiger charge is 2.05. The lowest BCUT2D eigenvalue weighted by atomic mass is 10.0. The Labute approximate surface area is 103 Å². The van der Waals surface area contributed by atoms with Crippen molar-refractivity contribution in [3.63, 3.8) is 0 Å². The Morgan fingerprint density at radius 3 is 2.56 bits per heavy atom. The first kappa shape index (κ1) is 13.3. The number of halogens is 1. The standard InChI is InChI=1S/C13H19ClO2/c1-4-15-7-8-16-13-6-5-11(10(2)3)9-12(13)14/h5-6,9-10H,4,7-8H2,1-3H3. The zero-order valence-electron chi connectivity index (χ0n) is 10.1. The van der Waals surface area contributed by atoms with Crippen molar-refractivity contribution >= 4 is 11.6 Å². The molecular formula is C13H19ClO2. The molecule has 1 aromatic carbocycles. The fourth-order valence-corrected chi connectivity index (χ4v) is 1.59. The average Bonchev–Trinajstić information content (AvgIpc) is 2.26. The van der Waals surface area contributed by atoms with Crippen molar-refractivity contribution in [1.82, 2.24) is 0 Å². The summed E-state index contributed by atoms with van der Waals surface area (Å²) >= 11 is 6.12. The Kier molecular flexibility index (Phi) is 5.64. The second kappa shape index (κ2) is 6.77. The minimum atomic E-state index is 0.481. The quantitative estimate of drug-likeness (QED) is 0.705. The highest BCUT2D eigenvalue weighted by molar-refractivity contribution is 6.32. The van der Waals surface area contributed by atoms with Gasteiger partial charge in [-0.05, 0) is 30.5 Å². The van der Waals surface area contributed by atoms with E-state index in [-0.39, 0.29) is 0 Å². The van der Waals surface area contributed by atoms with Gasteiger partial charge in [0.25, 0.3) is 0 Å². The molecule has 0 unspecified atom stereocenters. The van der Waals surface area contributed by atoms with Gasteiger partial charge in [-0.25, -0.2) is 0 Å². The molecule has 0 amide bonds. The molecule has 1 aromatic rings. The van der Waals surface area contributed by atoms with E-state index < -0.39 is 0 Å². The summed E-state index contributed by atoms with van der Waals surface area (Å²) in [6.45, 7) is 8.09. The smallest absolute Gasteiger partial charge is 0.138 e. The molecule has 0 bridgehead atoms. The van der Waals surface area contributed by atoms with E-state index in [1.807, 2.05) is 25.1 Å². The third-order valence-corrected chi connectivity index (χ3v) is 2.61. The topological polar surface area (TPSA) is 18.5 Å². The summed E-state index contributed by atoms with van der Waals surface area (Å²) in [4.78, 5) is 0. The van der Waals surface area contributed by atoms with Gasteiger partial charge < -0.3 is 9.47 Å². The van der Waals surface area contributed by atoms with Gasteiger partial charge >= 0.3 is 0 Å². The highest BCUT2D eigenvalue weighted by atomic mass is 35.5. The number of ether oxygens (including phenoxy) is 2. The Hall–Kier alpha value is -0.730. The van der Waals surface area contributed by atoms with E-state index in [1.165, 1.54) is 5.56 Å². The van der Waals surface area contributed by atoms with Crippen molar-refractivity contribution in [3.05, 3.63) is 28.8 Å². The first-order chi connectivity index (χ1) is 7.65. The summed E-state index contributed by atoms with van der Waals surface area (Å²) in [5.74, 6) is 1.21. The van der Waals surface area contributed by atoms with Gasteiger partial charge in [0.15, 0.2) is 0 Å². The summed E-state index contributed by atoms with van der Waals surface area (Å²) in [5, 5.41) is 0.669. The van der Waals surface area contributed by atoms with Gasteiger partial charge in [0.05, 0.1) is 11.6 Å². The monoisotopic (exact) mass is 242 g/mol. The van der Waals surface area contributed by atoms with Crippen LogP contribution in [-0.2, 0) is 4.74 Å². The molecule has 0 aromatic heterocycles. The van der Waals surface area contributed by atoms with Crippen molar-refractivity contribution in [2.24, 2.45) is 0 Å². The van der Waals surface area contributed by atoms with Crippen LogP contribution >= 0.6 is 11.6 Å². The van der Waals surface area contributed by atoms with E-state index in [2.05, 4.69) is 13.8 Å². The second-order valence-electron chi connectivity index (χ2n) is 3.89. The Morgan fingerprint density at radius 1 is 1.25 bits per heavy atom.